The molecule has 2 N–H and O–H groups in total. The lowest BCUT2D eigenvalue weighted by Gasteiger charge is -2.09. The summed E-state index contributed by atoms with van der Waals surface area (Å²) in [5.74, 6) is -0.254. The fraction of sp³-hybridized carbons (Fsp3) is 0.273. The Kier molecular flexibility index (Phi) is 7.77. The summed E-state index contributed by atoms with van der Waals surface area (Å²) in [4.78, 5) is 24.4. The number of halogens is 1. The highest BCUT2D eigenvalue weighted by molar-refractivity contribution is 7.99. The summed E-state index contributed by atoms with van der Waals surface area (Å²) in [5.41, 5.74) is 1.84. The number of amides is 2. The van der Waals surface area contributed by atoms with Gasteiger partial charge in [0.1, 0.15) is 11.6 Å². The van der Waals surface area contributed by atoms with Gasteiger partial charge in [0.2, 0.25) is 5.91 Å². The van der Waals surface area contributed by atoms with Gasteiger partial charge in [-0.2, -0.15) is 0 Å². The first kappa shape index (κ1) is 22.5. The number of hydrogen-bond donors (Lipinski definition) is 2. The molecule has 0 radical (unpaired) electrons. The van der Waals surface area contributed by atoms with E-state index in [1.54, 1.807) is 6.07 Å². The Labute approximate surface area is 184 Å². The van der Waals surface area contributed by atoms with Crippen LogP contribution in [0.4, 0.5) is 10.1 Å². The van der Waals surface area contributed by atoms with E-state index >= 15 is 0 Å². The lowest BCUT2D eigenvalue weighted by Crippen LogP contribution is -2.27. The van der Waals surface area contributed by atoms with Crippen molar-refractivity contribution in [2.24, 2.45) is 0 Å². The molecule has 0 bridgehead atoms. The van der Waals surface area contributed by atoms with Crippen LogP contribution in [-0.4, -0.2) is 38.9 Å². The SMILES string of the molecule is CCn1c(CCNC(=O)c2ccccc2F)nnc1SCC(=O)Nc1cccc(C)c1. The number of thioether (sulfide) groups is 1. The number of carbonyl (C=O) groups excluding carboxylic acids is 2. The van der Waals surface area contributed by atoms with Crippen molar-refractivity contribution in [3.05, 3.63) is 71.3 Å². The van der Waals surface area contributed by atoms with Crippen LogP contribution in [0.3, 0.4) is 0 Å². The second-order valence-corrected chi connectivity index (χ2v) is 7.78. The summed E-state index contributed by atoms with van der Waals surface area (Å²) >= 11 is 1.30. The number of benzene rings is 2. The number of rotatable bonds is 9. The zero-order valence-electron chi connectivity index (χ0n) is 17.4. The van der Waals surface area contributed by atoms with Gasteiger partial charge in [-0.15, -0.1) is 10.2 Å². The normalized spacial score (nSPS) is 10.7. The van der Waals surface area contributed by atoms with Crippen molar-refractivity contribution in [3.8, 4) is 0 Å². The van der Waals surface area contributed by atoms with Crippen molar-refractivity contribution >= 4 is 29.3 Å². The van der Waals surface area contributed by atoms with E-state index in [4.69, 9.17) is 0 Å². The first-order valence-corrected chi connectivity index (χ1v) is 10.9. The molecule has 0 saturated heterocycles. The molecular formula is C22H24FN5O2S. The molecule has 0 saturated carbocycles. The molecule has 2 amide bonds. The van der Waals surface area contributed by atoms with Crippen molar-refractivity contribution < 1.29 is 14.0 Å². The minimum Gasteiger partial charge on any atom is -0.351 e. The van der Waals surface area contributed by atoms with Crippen LogP contribution in [0.2, 0.25) is 0 Å². The molecule has 2 aromatic carbocycles. The third-order valence-electron chi connectivity index (χ3n) is 4.50. The summed E-state index contributed by atoms with van der Waals surface area (Å²) in [6.07, 6.45) is 0.442. The fourth-order valence-electron chi connectivity index (χ4n) is 3.01. The third-order valence-corrected chi connectivity index (χ3v) is 5.46. The number of aryl methyl sites for hydroxylation is 1. The van der Waals surface area contributed by atoms with Crippen molar-refractivity contribution in [1.82, 2.24) is 20.1 Å². The molecule has 31 heavy (non-hydrogen) atoms. The van der Waals surface area contributed by atoms with Gasteiger partial charge in [-0.1, -0.05) is 36.0 Å². The molecule has 0 aliphatic heterocycles. The van der Waals surface area contributed by atoms with Gasteiger partial charge >= 0.3 is 0 Å². The molecule has 0 unspecified atom stereocenters. The summed E-state index contributed by atoms with van der Waals surface area (Å²) in [5, 5.41) is 14.6. The van der Waals surface area contributed by atoms with Crippen LogP contribution < -0.4 is 10.6 Å². The lowest BCUT2D eigenvalue weighted by atomic mass is 10.2. The van der Waals surface area contributed by atoms with E-state index in [0.29, 0.717) is 30.5 Å². The number of carbonyl (C=O) groups is 2. The van der Waals surface area contributed by atoms with Gasteiger partial charge < -0.3 is 15.2 Å². The number of aromatic nitrogens is 3. The molecule has 0 spiro atoms. The molecule has 1 heterocycles. The first-order chi connectivity index (χ1) is 15.0. The van der Waals surface area contributed by atoms with E-state index < -0.39 is 11.7 Å². The Morgan fingerprint density at radius 1 is 1.13 bits per heavy atom. The molecule has 7 nitrogen and oxygen atoms in total. The molecular weight excluding hydrogens is 417 g/mol. The summed E-state index contributed by atoms with van der Waals surface area (Å²) in [6.45, 7) is 4.85. The van der Waals surface area contributed by atoms with Crippen LogP contribution in [0.1, 0.15) is 28.7 Å². The maximum Gasteiger partial charge on any atom is 0.254 e. The second-order valence-electron chi connectivity index (χ2n) is 6.84. The number of nitrogens with one attached hydrogen (secondary N) is 2. The van der Waals surface area contributed by atoms with Crippen molar-refractivity contribution in [2.45, 2.75) is 32.0 Å². The van der Waals surface area contributed by atoms with E-state index in [1.807, 2.05) is 42.7 Å². The van der Waals surface area contributed by atoms with Crippen LogP contribution >= 0.6 is 11.8 Å². The second kappa shape index (κ2) is 10.7. The monoisotopic (exact) mass is 441 g/mol. The highest BCUT2D eigenvalue weighted by Gasteiger charge is 2.15. The van der Waals surface area contributed by atoms with Gasteiger partial charge in [-0.3, -0.25) is 9.59 Å². The maximum atomic E-state index is 13.7. The Hall–Kier alpha value is -3.20. The van der Waals surface area contributed by atoms with Crippen LogP contribution in [0.25, 0.3) is 0 Å². The van der Waals surface area contributed by atoms with Gasteiger partial charge in [0.05, 0.1) is 11.3 Å². The van der Waals surface area contributed by atoms with E-state index in [0.717, 1.165) is 11.3 Å². The van der Waals surface area contributed by atoms with Crippen LogP contribution in [-0.2, 0) is 17.8 Å². The Morgan fingerprint density at radius 3 is 2.68 bits per heavy atom. The quantitative estimate of drug-likeness (QED) is 0.497. The summed E-state index contributed by atoms with van der Waals surface area (Å²) in [7, 11) is 0. The molecule has 0 aliphatic rings. The van der Waals surface area contributed by atoms with Crippen molar-refractivity contribution in [2.75, 3.05) is 17.6 Å². The zero-order chi connectivity index (χ0) is 22.2. The van der Waals surface area contributed by atoms with Crippen molar-refractivity contribution in [1.29, 1.82) is 0 Å². The Balaban J connectivity index is 1.52. The zero-order valence-corrected chi connectivity index (χ0v) is 18.2. The topological polar surface area (TPSA) is 88.9 Å². The van der Waals surface area contributed by atoms with Gasteiger partial charge in [0, 0.05) is 25.2 Å². The minimum absolute atomic E-state index is 0.00956. The number of hydrogen-bond acceptors (Lipinski definition) is 5. The highest BCUT2D eigenvalue weighted by atomic mass is 32.2. The van der Waals surface area contributed by atoms with Crippen LogP contribution in [0.15, 0.2) is 53.7 Å². The minimum atomic E-state index is -0.556. The molecule has 3 aromatic rings. The number of nitrogens with zero attached hydrogens (tertiary/aromatic N) is 3. The van der Waals surface area contributed by atoms with Crippen LogP contribution in [0, 0.1) is 12.7 Å². The molecule has 0 fully saturated rings. The summed E-state index contributed by atoms with van der Waals surface area (Å²) in [6, 6.07) is 13.5. The molecule has 9 heteroatoms. The van der Waals surface area contributed by atoms with E-state index in [1.165, 1.54) is 30.0 Å². The largest absolute Gasteiger partial charge is 0.351 e. The van der Waals surface area contributed by atoms with E-state index in [2.05, 4.69) is 20.8 Å². The Morgan fingerprint density at radius 2 is 1.94 bits per heavy atom. The smallest absolute Gasteiger partial charge is 0.254 e. The Bertz CT molecular complexity index is 1070. The fourth-order valence-corrected chi connectivity index (χ4v) is 3.83. The lowest BCUT2D eigenvalue weighted by molar-refractivity contribution is -0.113. The number of anilines is 1. The van der Waals surface area contributed by atoms with E-state index in [9.17, 15) is 14.0 Å². The predicted octanol–water partition coefficient (Wildman–Crippen LogP) is 3.45. The average molecular weight is 442 g/mol. The highest BCUT2D eigenvalue weighted by Crippen LogP contribution is 2.18. The standard InChI is InChI=1S/C22H24FN5O2S/c1-3-28-19(11-12-24-21(30)17-9-4-5-10-18(17)23)26-27-22(28)31-14-20(29)25-16-8-6-7-15(2)13-16/h4-10,13H,3,11-12,14H2,1-2H3,(H,24,30)(H,25,29). The maximum absolute atomic E-state index is 13.7. The molecule has 3 rings (SSSR count). The van der Waals surface area contributed by atoms with Gasteiger partial charge in [0.25, 0.3) is 5.91 Å². The molecule has 162 valence electrons. The third kappa shape index (κ3) is 6.14. The van der Waals surface area contributed by atoms with Gasteiger partial charge in [0.15, 0.2) is 5.16 Å². The van der Waals surface area contributed by atoms with Crippen LogP contribution in [0.5, 0.6) is 0 Å². The first-order valence-electron chi connectivity index (χ1n) is 9.92. The van der Waals surface area contributed by atoms with Gasteiger partial charge in [-0.05, 0) is 43.7 Å². The molecule has 0 aliphatic carbocycles. The van der Waals surface area contributed by atoms with Crippen molar-refractivity contribution in [3.63, 3.8) is 0 Å². The average Bonchev–Trinajstić information content (AvgIpc) is 3.14. The molecule has 0 atom stereocenters. The van der Waals surface area contributed by atoms with Gasteiger partial charge in [-0.25, -0.2) is 4.39 Å². The van der Waals surface area contributed by atoms with E-state index in [-0.39, 0.29) is 17.2 Å². The predicted molar refractivity (Wildman–Crippen MR) is 119 cm³/mol. The molecule has 1 aromatic heterocycles. The summed E-state index contributed by atoms with van der Waals surface area (Å²) < 4.78 is 15.6.